The van der Waals surface area contributed by atoms with Gasteiger partial charge in [0.2, 0.25) is 0 Å². The number of hydrogen-bond donors (Lipinski definition) is 0. The van der Waals surface area contributed by atoms with Gasteiger partial charge in [0.25, 0.3) is 0 Å². The Morgan fingerprint density at radius 2 is 2.11 bits per heavy atom. The maximum atomic E-state index is 6.29. The Kier molecular flexibility index (Phi) is 4.41. The van der Waals surface area contributed by atoms with E-state index in [9.17, 15) is 0 Å². The van der Waals surface area contributed by atoms with Crippen LogP contribution < -0.4 is 0 Å². The summed E-state index contributed by atoms with van der Waals surface area (Å²) < 4.78 is 11.8. The zero-order chi connectivity index (χ0) is 19.0. The van der Waals surface area contributed by atoms with Gasteiger partial charge in [-0.05, 0) is 43.9 Å². The number of fused-ring (bicyclic) bond motifs is 2. The second-order valence-corrected chi connectivity index (χ2v) is 7.58. The molecule has 1 fully saturated rings. The number of ether oxygens (including phenoxy) is 1. The molecule has 2 aliphatic heterocycles. The molecule has 144 valence electrons. The summed E-state index contributed by atoms with van der Waals surface area (Å²) in [4.78, 5) is 15.7. The molecule has 0 amide bonds. The second-order valence-electron chi connectivity index (χ2n) is 7.58. The Bertz CT molecular complexity index is 964. The van der Waals surface area contributed by atoms with Gasteiger partial charge >= 0.3 is 0 Å². The van der Waals surface area contributed by atoms with Crippen LogP contribution >= 0.6 is 0 Å². The lowest BCUT2D eigenvalue weighted by Crippen LogP contribution is -2.47. The van der Waals surface area contributed by atoms with Crippen LogP contribution in [0.3, 0.4) is 0 Å². The van der Waals surface area contributed by atoms with Crippen molar-refractivity contribution in [3.63, 3.8) is 0 Å². The predicted octanol–water partition coefficient (Wildman–Crippen LogP) is 2.90. The Labute approximate surface area is 163 Å². The summed E-state index contributed by atoms with van der Waals surface area (Å²) in [6.07, 6.45) is 8.29. The van der Waals surface area contributed by atoms with Crippen LogP contribution in [0, 0.1) is 6.92 Å². The third kappa shape index (κ3) is 3.21. The molecule has 2 aliphatic rings. The van der Waals surface area contributed by atoms with Crippen molar-refractivity contribution >= 4 is 0 Å². The third-order valence-corrected chi connectivity index (χ3v) is 5.73. The van der Waals surface area contributed by atoms with Crippen LogP contribution in [-0.2, 0) is 23.3 Å². The second kappa shape index (κ2) is 7.07. The van der Waals surface area contributed by atoms with Crippen LogP contribution in [0.25, 0.3) is 11.3 Å². The molecule has 7 heteroatoms. The molecule has 7 nitrogen and oxygen atoms in total. The molecule has 0 saturated carbocycles. The lowest BCUT2D eigenvalue weighted by Gasteiger charge is -2.43. The summed E-state index contributed by atoms with van der Waals surface area (Å²) in [7, 11) is 0. The minimum absolute atomic E-state index is 0.264. The number of nitrogens with zero attached hydrogens (tertiary/aromatic N) is 5. The topological polar surface area (TPSA) is 77.2 Å². The third-order valence-electron chi connectivity index (χ3n) is 5.73. The zero-order valence-corrected chi connectivity index (χ0v) is 16.0. The van der Waals surface area contributed by atoms with Gasteiger partial charge in [0, 0.05) is 43.3 Å². The maximum Gasteiger partial charge on any atom is 0.151 e. The number of aromatic nitrogens is 4. The van der Waals surface area contributed by atoms with Crippen molar-refractivity contribution in [1.29, 1.82) is 0 Å². The summed E-state index contributed by atoms with van der Waals surface area (Å²) in [5.41, 5.74) is 3.87. The van der Waals surface area contributed by atoms with Crippen LogP contribution in [0.4, 0.5) is 0 Å². The highest BCUT2D eigenvalue weighted by molar-refractivity contribution is 5.57. The van der Waals surface area contributed by atoms with E-state index in [1.165, 1.54) is 5.56 Å². The summed E-state index contributed by atoms with van der Waals surface area (Å²) in [6, 6.07) is 5.90. The zero-order valence-electron chi connectivity index (χ0n) is 16.0. The monoisotopic (exact) mass is 377 g/mol. The molecule has 28 heavy (non-hydrogen) atoms. The first-order valence-electron chi connectivity index (χ1n) is 9.77. The fourth-order valence-corrected chi connectivity index (χ4v) is 4.21. The number of pyridine rings is 1. The van der Waals surface area contributed by atoms with Crippen molar-refractivity contribution < 1.29 is 9.26 Å². The van der Waals surface area contributed by atoms with E-state index in [-0.39, 0.29) is 5.60 Å². The first-order chi connectivity index (χ1) is 13.7. The molecule has 3 aromatic heterocycles. The molecule has 0 unspecified atom stereocenters. The van der Waals surface area contributed by atoms with E-state index in [1.54, 1.807) is 12.4 Å². The Balaban J connectivity index is 1.28. The average Bonchev–Trinajstić information content (AvgIpc) is 3.20. The van der Waals surface area contributed by atoms with E-state index >= 15 is 0 Å². The van der Waals surface area contributed by atoms with Crippen LogP contribution in [0.5, 0.6) is 0 Å². The molecule has 0 aromatic carbocycles. The normalized spacial score (nSPS) is 18.9. The standard InChI is InChI=1S/C21H23N5O2/c1-15-23-13-17-4-10-27-21(20(17)24-15)5-8-26(9-6-21)14-18-11-19(25-28-18)16-3-2-7-22-12-16/h2-3,7,11-13H,4-6,8-10,14H2,1H3. The molecule has 0 bridgehead atoms. The molecular formula is C21H23N5O2. The average molecular weight is 377 g/mol. The van der Waals surface area contributed by atoms with Gasteiger partial charge in [0.05, 0.1) is 18.8 Å². The molecule has 5 rings (SSSR count). The van der Waals surface area contributed by atoms with Crippen LogP contribution in [-0.4, -0.2) is 44.7 Å². The molecule has 1 spiro atoms. The molecule has 0 N–H and O–H groups in total. The van der Waals surface area contributed by atoms with Gasteiger partial charge in [-0.3, -0.25) is 9.88 Å². The first-order valence-corrected chi connectivity index (χ1v) is 9.77. The van der Waals surface area contributed by atoms with Crippen LogP contribution in [0.15, 0.2) is 41.3 Å². The predicted molar refractivity (Wildman–Crippen MR) is 102 cm³/mol. The van der Waals surface area contributed by atoms with E-state index in [0.717, 1.165) is 74.0 Å². The molecule has 0 aliphatic carbocycles. The van der Waals surface area contributed by atoms with E-state index < -0.39 is 0 Å². The van der Waals surface area contributed by atoms with E-state index in [0.29, 0.717) is 0 Å². The number of aryl methyl sites for hydroxylation is 1. The van der Waals surface area contributed by atoms with Crippen LogP contribution in [0.2, 0.25) is 0 Å². The lowest BCUT2D eigenvalue weighted by atomic mass is 9.83. The highest BCUT2D eigenvalue weighted by Crippen LogP contribution is 2.40. The molecular weight excluding hydrogens is 354 g/mol. The van der Waals surface area contributed by atoms with Crippen molar-refractivity contribution in [1.82, 2.24) is 25.0 Å². The minimum atomic E-state index is -0.264. The first kappa shape index (κ1) is 17.5. The Morgan fingerprint density at radius 3 is 2.93 bits per heavy atom. The van der Waals surface area contributed by atoms with Crippen molar-refractivity contribution in [2.24, 2.45) is 0 Å². The fraction of sp³-hybridized carbons (Fsp3) is 0.429. The van der Waals surface area contributed by atoms with Gasteiger partial charge in [-0.25, -0.2) is 9.97 Å². The van der Waals surface area contributed by atoms with Gasteiger partial charge < -0.3 is 9.26 Å². The van der Waals surface area contributed by atoms with Gasteiger partial charge in [0.15, 0.2) is 5.76 Å². The number of hydrogen-bond acceptors (Lipinski definition) is 7. The largest absolute Gasteiger partial charge is 0.368 e. The van der Waals surface area contributed by atoms with Gasteiger partial charge in [-0.15, -0.1) is 0 Å². The van der Waals surface area contributed by atoms with Gasteiger partial charge in [0.1, 0.15) is 17.1 Å². The Morgan fingerprint density at radius 1 is 1.21 bits per heavy atom. The molecule has 0 radical (unpaired) electrons. The van der Waals surface area contributed by atoms with E-state index in [2.05, 4.69) is 20.0 Å². The van der Waals surface area contributed by atoms with Crippen molar-refractivity contribution in [3.8, 4) is 11.3 Å². The summed E-state index contributed by atoms with van der Waals surface area (Å²) in [6.45, 7) is 5.31. The SMILES string of the molecule is Cc1ncc2c(n1)C1(CCN(Cc3cc(-c4cccnc4)no3)CC1)OCC2. The van der Waals surface area contributed by atoms with Crippen molar-refractivity contribution in [2.75, 3.05) is 19.7 Å². The van der Waals surface area contributed by atoms with E-state index in [4.69, 9.17) is 14.2 Å². The molecule has 5 heterocycles. The van der Waals surface area contributed by atoms with Gasteiger partial charge in [-0.2, -0.15) is 0 Å². The van der Waals surface area contributed by atoms with E-state index in [1.807, 2.05) is 31.3 Å². The van der Waals surface area contributed by atoms with Crippen LogP contribution in [0.1, 0.15) is 35.7 Å². The Hall–Kier alpha value is -2.64. The minimum Gasteiger partial charge on any atom is -0.368 e. The summed E-state index contributed by atoms with van der Waals surface area (Å²) >= 11 is 0. The van der Waals surface area contributed by atoms with Crippen molar-refractivity contribution in [2.45, 2.75) is 38.3 Å². The molecule has 1 saturated heterocycles. The van der Waals surface area contributed by atoms with Crippen molar-refractivity contribution in [3.05, 3.63) is 59.6 Å². The fourth-order valence-electron chi connectivity index (χ4n) is 4.21. The highest BCUT2D eigenvalue weighted by atomic mass is 16.5. The number of rotatable bonds is 3. The smallest absolute Gasteiger partial charge is 0.151 e. The maximum absolute atomic E-state index is 6.29. The summed E-state index contributed by atoms with van der Waals surface area (Å²) in [5.74, 6) is 1.69. The summed E-state index contributed by atoms with van der Waals surface area (Å²) in [5, 5.41) is 4.19. The van der Waals surface area contributed by atoms with Gasteiger partial charge in [-0.1, -0.05) is 5.16 Å². The molecule has 0 atom stereocenters. The number of piperidine rings is 1. The highest BCUT2D eigenvalue weighted by Gasteiger charge is 2.42. The lowest BCUT2D eigenvalue weighted by molar-refractivity contribution is -0.103. The quantitative estimate of drug-likeness (QED) is 0.694. The molecule has 3 aromatic rings. The number of likely N-dealkylation sites (tertiary alicyclic amines) is 1.